The molecule has 178 valence electrons. The van der Waals surface area contributed by atoms with Crippen LogP contribution >= 0.6 is 0 Å². The normalized spacial score (nSPS) is 19.2. The van der Waals surface area contributed by atoms with Crippen molar-refractivity contribution in [2.75, 3.05) is 24.5 Å². The molecule has 0 bridgehead atoms. The third kappa shape index (κ3) is 3.99. The van der Waals surface area contributed by atoms with Crippen LogP contribution in [0.15, 0.2) is 9.59 Å². The van der Waals surface area contributed by atoms with Crippen LogP contribution in [0.5, 0.6) is 0 Å². The Morgan fingerprint density at radius 2 is 2.03 bits per heavy atom. The summed E-state index contributed by atoms with van der Waals surface area (Å²) in [5.74, 6) is 3.37. The Balaban J connectivity index is 1.91. The summed E-state index contributed by atoms with van der Waals surface area (Å²) in [5, 5.41) is 2.89. The minimum atomic E-state index is -5.16. The van der Waals surface area contributed by atoms with Gasteiger partial charge < -0.3 is 15.0 Å². The van der Waals surface area contributed by atoms with E-state index in [4.69, 9.17) is 4.74 Å². The molecule has 1 aliphatic carbocycles. The van der Waals surface area contributed by atoms with Crippen LogP contribution < -0.4 is 21.5 Å². The third-order valence-electron chi connectivity index (χ3n) is 5.94. The number of hydrogen-bond donors (Lipinski definition) is 1. The molecule has 2 fully saturated rings. The summed E-state index contributed by atoms with van der Waals surface area (Å²) in [5.41, 5.74) is -0.808. The number of anilines is 1. The molecule has 1 saturated carbocycles. The number of nitrogens with one attached hydrogen (secondary N) is 1. The Morgan fingerprint density at radius 3 is 2.64 bits per heavy atom. The predicted molar refractivity (Wildman–Crippen MR) is 112 cm³/mol. The van der Waals surface area contributed by atoms with Crippen LogP contribution in [-0.4, -0.2) is 56.7 Å². The summed E-state index contributed by atoms with van der Waals surface area (Å²) >= 11 is 0. The molecular weight excluding hydrogens is 445 g/mol. The van der Waals surface area contributed by atoms with E-state index in [2.05, 4.69) is 22.1 Å². The summed E-state index contributed by atoms with van der Waals surface area (Å²) in [4.78, 5) is 43.4. The van der Waals surface area contributed by atoms with Crippen molar-refractivity contribution >= 4 is 23.1 Å². The molecule has 1 N–H and O–H groups in total. The first-order valence-electron chi connectivity index (χ1n) is 10.5. The summed E-state index contributed by atoms with van der Waals surface area (Å²) in [6.07, 6.45) is -4.03. The molecule has 2 aliphatic rings. The first-order chi connectivity index (χ1) is 15.6. The quantitative estimate of drug-likeness (QED) is 0.515. The molecule has 1 unspecified atom stereocenters. The Hall–Kier alpha value is -3.27. The SMILES string of the molecule is CC#CCn1c(N2CCNCC2OC(=O)C(F)(F)F)nc2c1c(=O)n(C)c(=O)n2C1CCC1. The van der Waals surface area contributed by atoms with Gasteiger partial charge in [0.25, 0.3) is 5.56 Å². The highest BCUT2D eigenvalue weighted by atomic mass is 19.4. The number of alkyl halides is 3. The van der Waals surface area contributed by atoms with E-state index in [1.165, 1.54) is 21.1 Å². The highest BCUT2D eigenvalue weighted by molar-refractivity contribution is 5.77. The average molecular weight is 468 g/mol. The van der Waals surface area contributed by atoms with Gasteiger partial charge >= 0.3 is 17.8 Å². The smallest absolute Gasteiger partial charge is 0.433 e. The fourth-order valence-corrected chi connectivity index (χ4v) is 4.01. The van der Waals surface area contributed by atoms with Gasteiger partial charge in [0.2, 0.25) is 5.95 Å². The van der Waals surface area contributed by atoms with Crippen molar-refractivity contribution in [2.45, 2.75) is 51.2 Å². The number of carbonyl (C=O) groups is 1. The van der Waals surface area contributed by atoms with Crippen LogP contribution in [0, 0.1) is 11.8 Å². The number of ether oxygens (including phenoxy) is 1. The number of imidazole rings is 1. The van der Waals surface area contributed by atoms with Crippen LogP contribution in [0.2, 0.25) is 0 Å². The number of nitrogens with zero attached hydrogens (tertiary/aromatic N) is 5. The van der Waals surface area contributed by atoms with Crippen molar-refractivity contribution in [3.05, 3.63) is 20.8 Å². The minimum Gasteiger partial charge on any atom is -0.433 e. The Labute approximate surface area is 185 Å². The van der Waals surface area contributed by atoms with Crippen molar-refractivity contribution in [1.82, 2.24) is 24.0 Å². The van der Waals surface area contributed by atoms with Crippen LogP contribution in [-0.2, 0) is 23.1 Å². The zero-order valence-corrected chi connectivity index (χ0v) is 18.1. The first kappa shape index (κ1) is 22.9. The van der Waals surface area contributed by atoms with Crippen molar-refractivity contribution in [3.8, 4) is 11.8 Å². The summed E-state index contributed by atoms with van der Waals surface area (Å²) in [7, 11) is 1.38. The monoisotopic (exact) mass is 468 g/mol. The molecule has 33 heavy (non-hydrogen) atoms. The third-order valence-corrected chi connectivity index (χ3v) is 5.94. The minimum absolute atomic E-state index is 0.0182. The molecule has 0 aromatic carbocycles. The highest BCUT2D eigenvalue weighted by Crippen LogP contribution is 2.33. The lowest BCUT2D eigenvalue weighted by molar-refractivity contribution is -0.205. The van der Waals surface area contributed by atoms with Crippen molar-refractivity contribution < 1.29 is 22.7 Å². The molecule has 0 spiro atoms. The summed E-state index contributed by atoms with van der Waals surface area (Å²) < 4.78 is 47.2. The number of piperazine rings is 1. The fourth-order valence-electron chi connectivity index (χ4n) is 4.01. The number of halogens is 3. The molecule has 1 saturated heterocycles. The zero-order chi connectivity index (χ0) is 23.9. The van der Waals surface area contributed by atoms with Gasteiger partial charge in [0.15, 0.2) is 17.4 Å². The van der Waals surface area contributed by atoms with Crippen molar-refractivity contribution in [3.63, 3.8) is 0 Å². The number of rotatable bonds is 4. The van der Waals surface area contributed by atoms with Crippen LogP contribution in [0.3, 0.4) is 0 Å². The van der Waals surface area contributed by atoms with E-state index in [-0.39, 0.29) is 42.8 Å². The summed E-state index contributed by atoms with van der Waals surface area (Å²) in [6.45, 7) is 2.10. The van der Waals surface area contributed by atoms with Gasteiger partial charge in [0.05, 0.1) is 13.1 Å². The number of carbonyl (C=O) groups excluding carboxylic acids is 1. The number of fused-ring (bicyclic) bond motifs is 1. The maximum Gasteiger partial charge on any atom is 0.491 e. The molecule has 13 heteroatoms. The van der Waals surface area contributed by atoms with E-state index in [9.17, 15) is 27.6 Å². The topological polar surface area (TPSA) is 103 Å². The van der Waals surface area contributed by atoms with Gasteiger partial charge in [-0.3, -0.25) is 18.5 Å². The number of aromatic nitrogens is 4. The van der Waals surface area contributed by atoms with Gasteiger partial charge in [0.1, 0.15) is 0 Å². The molecule has 10 nitrogen and oxygen atoms in total. The number of esters is 1. The van der Waals surface area contributed by atoms with E-state index in [1.807, 2.05) is 0 Å². The summed E-state index contributed by atoms with van der Waals surface area (Å²) in [6, 6.07) is -0.123. The van der Waals surface area contributed by atoms with Crippen molar-refractivity contribution in [1.29, 1.82) is 0 Å². The Bertz CT molecular complexity index is 1260. The second kappa shape index (κ2) is 8.58. The Kier molecular flexibility index (Phi) is 5.96. The first-order valence-corrected chi connectivity index (χ1v) is 10.5. The molecule has 2 aromatic rings. The highest BCUT2D eigenvalue weighted by Gasteiger charge is 2.44. The van der Waals surface area contributed by atoms with Gasteiger partial charge in [-0.25, -0.2) is 9.59 Å². The van der Waals surface area contributed by atoms with Crippen molar-refractivity contribution in [2.24, 2.45) is 7.05 Å². The lowest BCUT2D eigenvalue weighted by atomic mass is 9.93. The van der Waals surface area contributed by atoms with E-state index >= 15 is 0 Å². The Morgan fingerprint density at radius 1 is 1.30 bits per heavy atom. The van der Waals surface area contributed by atoms with Crippen LogP contribution in [0.25, 0.3) is 11.2 Å². The molecule has 0 radical (unpaired) electrons. The second-order valence-corrected chi connectivity index (χ2v) is 7.95. The maximum atomic E-state index is 13.1. The van der Waals surface area contributed by atoms with E-state index < -0.39 is 29.6 Å². The van der Waals surface area contributed by atoms with Gasteiger partial charge in [-0.05, 0) is 26.2 Å². The maximum absolute atomic E-state index is 13.1. The van der Waals surface area contributed by atoms with Gasteiger partial charge in [-0.1, -0.05) is 5.92 Å². The molecule has 1 aliphatic heterocycles. The second-order valence-electron chi connectivity index (χ2n) is 7.95. The van der Waals surface area contributed by atoms with Gasteiger partial charge in [0, 0.05) is 26.2 Å². The van der Waals surface area contributed by atoms with E-state index in [0.717, 1.165) is 23.8 Å². The van der Waals surface area contributed by atoms with Gasteiger partial charge in [-0.2, -0.15) is 18.2 Å². The van der Waals surface area contributed by atoms with E-state index in [1.54, 1.807) is 6.92 Å². The fraction of sp³-hybridized carbons (Fsp3) is 0.600. The molecule has 1 atom stereocenters. The average Bonchev–Trinajstić information content (AvgIpc) is 3.11. The molecular formula is C20H23F3N6O4. The molecule has 4 rings (SSSR count). The predicted octanol–water partition coefficient (Wildman–Crippen LogP) is 0.486. The van der Waals surface area contributed by atoms with Crippen LogP contribution in [0.1, 0.15) is 32.2 Å². The lowest BCUT2D eigenvalue weighted by Gasteiger charge is -2.36. The standard InChI is InChI=1S/C20H23F3N6O4/c1-3-4-9-28-14-15(29(12-6-5-7-12)19(32)26(2)16(14)30)25-18(28)27-10-8-24-11-13(27)33-17(31)20(21,22)23/h12-13,24H,5-11H2,1-2H3. The largest absolute Gasteiger partial charge is 0.491 e. The molecule has 0 amide bonds. The molecule has 2 aromatic heterocycles. The van der Waals surface area contributed by atoms with Crippen LogP contribution in [0.4, 0.5) is 19.1 Å². The van der Waals surface area contributed by atoms with E-state index in [0.29, 0.717) is 6.54 Å². The van der Waals surface area contributed by atoms with Gasteiger partial charge in [-0.15, -0.1) is 5.92 Å². The zero-order valence-electron chi connectivity index (χ0n) is 18.1. The number of hydrogen-bond acceptors (Lipinski definition) is 7. The lowest BCUT2D eigenvalue weighted by Crippen LogP contribution is -2.55. The molecule has 3 heterocycles.